The van der Waals surface area contributed by atoms with Crippen molar-refractivity contribution in [1.82, 2.24) is 5.32 Å². The molecule has 26 heavy (non-hydrogen) atoms. The maximum atomic E-state index is 11.7. The minimum Gasteiger partial charge on any atom is -0.460 e. The third kappa shape index (κ3) is 10.6. The van der Waals surface area contributed by atoms with E-state index in [2.05, 4.69) is 25.1 Å². The van der Waals surface area contributed by atoms with Crippen LogP contribution >= 0.6 is 0 Å². The van der Waals surface area contributed by atoms with Gasteiger partial charge in [-0.2, -0.15) is 0 Å². The molecule has 0 aliphatic heterocycles. The Balaban J connectivity index is 4.41. The third-order valence-corrected chi connectivity index (χ3v) is 2.55. The van der Waals surface area contributed by atoms with E-state index in [1.807, 2.05) is 0 Å². The Kier molecular flexibility index (Phi) is 10.8. The number of alkyl carbamates (subject to hydrolysis) is 1. The molecular weight excluding hydrogens is 346 g/mol. The van der Waals surface area contributed by atoms with Gasteiger partial charge in [0.15, 0.2) is 6.10 Å². The molecule has 9 heteroatoms. The smallest absolute Gasteiger partial charge is 0.407 e. The van der Waals surface area contributed by atoms with Crippen LogP contribution in [0.1, 0.15) is 13.8 Å². The Hall–Kier alpha value is -3.10. The number of ether oxygens (including phenoxy) is 4. The first-order chi connectivity index (χ1) is 12.2. The summed E-state index contributed by atoms with van der Waals surface area (Å²) in [6.07, 6.45) is -0.977. The highest BCUT2D eigenvalue weighted by Gasteiger charge is 2.19. The van der Waals surface area contributed by atoms with Gasteiger partial charge in [0.25, 0.3) is 0 Å². The average molecular weight is 369 g/mol. The van der Waals surface area contributed by atoms with Crippen LogP contribution in [0.25, 0.3) is 0 Å². The molecule has 1 atom stereocenters. The fourth-order valence-electron chi connectivity index (χ4n) is 1.26. The average Bonchev–Trinajstić information content (AvgIpc) is 2.59. The molecule has 0 saturated heterocycles. The topological polar surface area (TPSA) is 117 Å². The Labute approximate surface area is 151 Å². The zero-order valence-corrected chi connectivity index (χ0v) is 14.9. The molecule has 0 aromatic carbocycles. The summed E-state index contributed by atoms with van der Waals surface area (Å²) in [5.41, 5.74) is 0.395. The van der Waals surface area contributed by atoms with Gasteiger partial charge in [-0.1, -0.05) is 19.7 Å². The van der Waals surface area contributed by atoms with Gasteiger partial charge in [-0.3, -0.25) is 0 Å². The second-order valence-electron chi connectivity index (χ2n) is 5.08. The van der Waals surface area contributed by atoms with Gasteiger partial charge >= 0.3 is 24.0 Å². The van der Waals surface area contributed by atoms with Crippen molar-refractivity contribution in [2.75, 3.05) is 26.4 Å². The molecule has 0 aromatic rings. The van der Waals surface area contributed by atoms with Crippen molar-refractivity contribution in [2.24, 2.45) is 0 Å². The van der Waals surface area contributed by atoms with E-state index in [0.717, 1.165) is 6.08 Å². The molecule has 1 unspecified atom stereocenters. The van der Waals surface area contributed by atoms with E-state index in [-0.39, 0.29) is 37.5 Å². The summed E-state index contributed by atoms with van der Waals surface area (Å²) < 4.78 is 19.4. The predicted molar refractivity (Wildman–Crippen MR) is 91.0 cm³/mol. The van der Waals surface area contributed by atoms with Crippen LogP contribution in [0, 0.1) is 0 Å². The molecule has 0 aliphatic carbocycles. The van der Waals surface area contributed by atoms with E-state index < -0.39 is 30.1 Å². The lowest BCUT2D eigenvalue weighted by Gasteiger charge is -2.18. The normalized spacial score (nSPS) is 10.7. The lowest BCUT2D eigenvalue weighted by Crippen LogP contribution is -2.36. The van der Waals surface area contributed by atoms with Crippen LogP contribution in [0.5, 0.6) is 0 Å². The summed E-state index contributed by atoms with van der Waals surface area (Å²) in [6.45, 7) is 12.2. The van der Waals surface area contributed by atoms with Crippen LogP contribution in [0.3, 0.4) is 0 Å². The van der Waals surface area contributed by atoms with Crippen molar-refractivity contribution in [2.45, 2.75) is 20.0 Å². The van der Waals surface area contributed by atoms with E-state index in [1.165, 1.54) is 13.8 Å². The van der Waals surface area contributed by atoms with Crippen LogP contribution in [-0.2, 0) is 33.3 Å². The second kappa shape index (κ2) is 12.3. The molecule has 0 heterocycles. The van der Waals surface area contributed by atoms with Crippen molar-refractivity contribution in [1.29, 1.82) is 0 Å². The first-order valence-electron chi connectivity index (χ1n) is 7.56. The molecule has 0 radical (unpaired) electrons. The maximum absolute atomic E-state index is 11.7. The summed E-state index contributed by atoms with van der Waals surface area (Å²) >= 11 is 0. The zero-order valence-electron chi connectivity index (χ0n) is 14.9. The van der Waals surface area contributed by atoms with Gasteiger partial charge in [-0.15, -0.1) is 0 Å². The standard InChI is InChI=1S/C17H23NO8/c1-6-14(19)24-9-13(10-25-16(21)12(4)5)26-17(22)18-7-8-23-15(20)11(2)3/h6,13H,1-2,4,7-10H2,3,5H3,(H,18,22). The van der Waals surface area contributed by atoms with Gasteiger partial charge in [0.1, 0.15) is 19.8 Å². The number of amides is 1. The van der Waals surface area contributed by atoms with E-state index >= 15 is 0 Å². The molecular formula is C17H23NO8. The molecule has 0 rings (SSSR count). The number of esters is 3. The molecule has 0 bridgehead atoms. The molecule has 0 spiro atoms. The highest BCUT2D eigenvalue weighted by molar-refractivity contribution is 5.87. The molecule has 1 N–H and O–H groups in total. The number of hydrogen-bond donors (Lipinski definition) is 1. The van der Waals surface area contributed by atoms with Crippen molar-refractivity contribution < 1.29 is 38.1 Å². The predicted octanol–water partition coefficient (Wildman–Crippen LogP) is 1.05. The number of carbonyl (C=O) groups is 4. The molecule has 1 amide bonds. The Morgan fingerprint density at radius 2 is 1.50 bits per heavy atom. The molecule has 0 saturated carbocycles. The number of nitrogens with one attached hydrogen (secondary N) is 1. The summed E-state index contributed by atoms with van der Waals surface area (Å²) in [6, 6.07) is 0. The van der Waals surface area contributed by atoms with E-state index in [0.29, 0.717) is 0 Å². The highest BCUT2D eigenvalue weighted by Crippen LogP contribution is 2.00. The Bertz CT molecular complexity index is 581. The number of carbonyl (C=O) groups excluding carboxylic acids is 4. The van der Waals surface area contributed by atoms with Gasteiger partial charge in [-0.25, -0.2) is 19.2 Å². The van der Waals surface area contributed by atoms with Gasteiger partial charge in [0, 0.05) is 17.2 Å². The van der Waals surface area contributed by atoms with E-state index in [4.69, 9.17) is 18.9 Å². The van der Waals surface area contributed by atoms with Crippen LogP contribution in [0.4, 0.5) is 4.79 Å². The Morgan fingerprint density at radius 3 is 2.04 bits per heavy atom. The van der Waals surface area contributed by atoms with Gasteiger partial charge in [-0.05, 0) is 13.8 Å². The van der Waals surface area contributed by atoms with E-state index in [1.54, 1.807) is 0 Å². The van der Waals surface area contributed by atoms with Crippen molar-refractivity contribution >= 4 is 24.0 Å². The maximum Gasteiger partial charge on any atom is 0.407 e. The molecule has 144 valence electrons. The Morgan fingerprint density at radius 1 is 0.962 bits per heavy atom. The molecule has 9 nitrogen and oxygen atoms in total. The fraction of sp³-hybridized carbons (Fsp3) is 0.412. The minimum atomic E-state index is -1.04. The zero-order chi connectivity index (χ0) is 20.1. The van der Waals surface area contributed by atoms with Crippen LogP contribution < -0.4 is 5.32 Å². The number of rotatable bonds is 11. The van der Waals surface area contributed by atoms with Crippen LogP contribution in [0.2, 0.25) is 0 Å². The number of hydrogen-bond acceptors (Lipinski definition) is 8. The molecule has 0 aromatic heterocycles. The highest BCUT2D eigenvalue weighted by atomic mass is 16.6. The van der Waals surface area contributed by atoms with Crippen molar-refractivity contribution in [3.63, 3.8) is 0 Å². The summed E-state index contributed by atoms with van der Waals surface area (Å²) in [7, 11) is 0. The van der Waals surface area contributed by atoms with Gasteiger partial charge < -0.3 is 24.3 Å². The lowest BCUT2D eigenvalue weighted by molar-refractivity contribution is -0.147. The van der Waals surface area contributed by atoms with Crippen LogP contribution in [-0.4, -0.2) is 56.5 Å². The first kappa shape index (κ1) is 22.9. The monoisotopic (exact) mass is 369 g/mol. The molecule has 0 aliphatic rings. The third-order valence-electron chi connectivity index (χ3n) is 2.55. The van der Waals surface area contributed by atoms with Crippen LogP contribution in [0.15, 0.2) is 37.0 Å². The van der Waals surface area contributed by atoms with Gasteiger partial charge in [0.05, 0.1) is 6.54 Å². The van der Waals surface area contributed by atoms with Crippen molar-refractivity contribution in [3.8, 4) is 0 Å². The van der Waals surface area contributed by atoms with Gasteiger partial charge in [0.2, 0.25) is 0 Å². The summed E-state index contributed by atoms with van der Waals surface area (Å²) in [5, 5.41) is 2.33. The fourth-order valence-corrected chi connectivity index (χ4v) is 1.26. The van der Waals surface area contributed by atoms with E-state index in [9.17, 15) is 19.2 Å². The first-order valence-corrected chi connectivity index (χ1v) is 7.56. The summed E-state index contributed by atoms with van der Waals surface area (Å²) in [4.78, 5) is 45.4. The quantitative estimate of drug-likeness (QED) is 0.249. The minimum absolute atomic E-state index is 0.0113. The molecule has 0 fully saturated rings. The lowest BCUT2D eigenvalue weighted by atomic mass is 10.3. The SMILES string of the molecule is C=CC(=O)OCC(COC(=O)C(=C)C)OC(=O)NCCOC(=O)C(=C)C. The largest absolute Gasteiger partial charge is 0.460 e. The second-order valence-corrected chi connectivity index (χ2v) is 5.08. The summed E-state index contributed by atoms with van der Waals surface area (Å²) in [5.74, 6) is -1.99. The van der Waals surface area contributed by atoms with Crippen molar-refractivity contribution in [3.05, 3.63) is 37.0 Å².